The number of likely N-dealkylation sites (tertiary alicyclic amines) is 1. The minimum Gasteiger partial charge on any atom is -0.481 e. The van der Waals surface area contributed by atoms with Gasteiger partial charge in [-0.05, 0) is 18.6 Å². The first-order chi connectivity index (χ1) is 9.15. The molecule has 1 aliphatic rings. The molecule has 1 saturated heterocycles. The van der Waals surface area contributed by atoms with Gasteiger partial charge in [0.05, 0.1) is 5.92 Å². The Morgan fingerprint density at radius 1 is 1.37 bits per heavy atom. The maximum atomic E-state index is 12.2. The van der Waals surface area contributed by atoms with Crippen molar-refractivity contribution in [2.24, 2.45) is 5.92 Å². The number of amides is 1. The molecule has 2 aromatic heterocycles. The fourth-order valence-corrected chi connectivity index (χ4v) is 2.35. The number of pyridine rings is 1. The first-order valence-corrected chi connectivity index (χ1v) is 6.11. The number of fused-ring (bicyclic) bond motifs is 1. The van der Waals surface area contributed by atoms with Crippen molar-refractivity contribution in [2.75, 3.05) is 13.1 Å². The Hall–Kier alpha value is -2.37. The van der Waals surface area contributed by atoms with Crippen molar-refractivity contribution in [3.63, 3.8) is 0 Å². The number of aromatic nitrogens is 2. The van der Waals surface area contributed by atoms with Crippen LogP contribution in [0.4, 0.5) is 0 Å². The zero-order valence-electron chi connectivity index (χ0n) is 10.2. The maximum Gasteiger partial charge on any atom is 0.308 e. The van der Waals surface area contributed by atoms with E-state index in [1.807, 2.05) is 24.4 Å². The SMILES string of the molecule is O=C(O)C1CCN(C(=O)c2cn3ccccc3n2)C1. The van der Waals surface area contributed by atoms with Gasteiger partial charge in [-0.25, -0.2) is 4.98 Å². The topological polar surface area (TPSA) is 74.9 Å². The van der Waals surface area contributed by atoms with Gasteiger partial charge in [-0.2, -0.15) is 0 Å². The molecule has 1 aliphatic heterocycles. The Labute approximate surface area is 109 Å². The summed E-state index contributed by atoms with van der Waals surface area (Å²) in [4.78, 5) is 28.9. The fourth-order valence-electron chi connectivity index (χ4n) is 2.35. The number of carbonyl (C=O) groups is 2. The predicted molar refractivity (Wildman–Crippen MR) is 66.8 cm³/mol. The number of nitrogens with zero attached hydrogens (tertiary/aromatic N) is 3. The van der Waals surface area contributed by atoms with Crippen LogP contribution in [0.2, 0.25) is 0 Å². The number of carboxylic acid groups (broad SMARTS) is 1. The van der Waals surface area contributed by atoms with Crippen LogP contribution < -0.4 is 0 Å². The van der Waals surface area contributed by atoms with E-state index in [2.05, 4.69) is 4.98 Å². The van der Waals surface area contributed by atoms with E-state index in [0.717, 1.165) is 0 Å². The molecule has 0 aromatic carbocycles. The molecule has 3 heterocycles. The standard InChI is InChI=1S/C13H13N3O3/c17-12(16-6-4-9(7-16)13(18)19)10-8-15-5-2-1-3-11(15)14-10/h1-3,5,8-9H,4,6-7H2,(H,18,19). The second-order valence-corrected chi connectivity index (χ2v) is 4.67. The molecule has 1 unspecified atom stereocenters. The molecule has 0 aliphatic carbocycles. The van der Waals surface area contributed by atoms with Gasteiger partial charge in [-0.1, -0.05) is 6.07 Å². The van der Waals surface area contributed by atoms with Crippen molar-refractivity contribution in [1.82, 2.24) is 14.3 Å². The van der Waals surface area contributed by atoms with Gasteiger partial charge in [0.25, 0.3) is 5.91 Å². The van der Waals surface area contributed by atoms with E-state index in [0.29, 0.717) is 24.3 Å². The van der Waals surface area contributed by atoms with Gasteiger partial charge in [-0.15, -0.1) is 0 Å². The second kappa shape index (κ2) is 4.38. The van der Waals surface area contributed by atoms with Crippen LogP contribution >= 0.6 is 0 Å². The Bertz CT molecular complexity index is 616. The zero-order valence-corrected chi connectivity index (χ0v) is 10.2. The number of aliphatic carboxylic acids is 1. The normalized spacial score (nSPS) is 18.9. The summed E-state index contributed by atoms with van der Waals surface area (Å²) in [5.41, 5.74) is 1.07. The van der Waals surface area contributed by atoms with Crippen molar-refractivity contribution in [3.05, 3.63) is 36.3 Å². The second-order valence-electron chi connectivity index (χ2n) is 4.67. The summed E-state index contributed by atoms with van der Waals surface area (Å²) in [5.74, 6) is -1.50. The van der Waals surface area contributed by atoms with Gasteiger partial charge in [0, 0.05) is 25.5 Å². The molecule has 1 amide bonds. The number of carboxylic acids is 1. The molecule has 2 aromatic rings. The Morgan fingerprint density at radius 2 is 2.21 bits per heavy atom. The van der Waals surface area contributed by atoms with Crippen LogP contribution in [0.3, 0.4) is 0 Å². The highest BCUT2D eigenvalue weighted by molar-refractivity contribution is 5.93. The Balaban J connectivity index is 1.82. The van der Waals surface area contributed by atoms with Crippen LogP contribution in [-0.4, -0.2) is 44.4 Å². The number of rotatable bonds is 2. The molecule has 19 heavy (non-hydrogen) atoms. The third-order valence-corrected chi connectivity index (χ3v) is 3.41. The summed E-state index contributed by atoms with van der Waals surface area (Å²) in [6.07, 6.45) is 4.00. The van der Waals surface area contributed by atoms with E-state index in [4.69, 9.17) is 5.11 Å². The van der Waals surface area contributed by atoms with Crippen molar-refractivity contribution in [1.29, 1.82) is 0 Å². The zero-order chi connectivity index (χ0) is 13.4. The lowest BCUT2D eigenvalue weighted by Crippen LogP contribution is -2.30. The van der Waals surface area contributed by atoms with Crippen LogP contribution in [0.15, 0.2) is 30.6 Å². The summed E-state index contributed by atoms with van der Waals surface area (Å²) in [6, 6.07) is 5.53. The largest absolute Gasteiger partial charge is 0.481 e. The fraction of sp³-hybridized carbons (Fsp3) is 0.308. The maximum absolute atomic E-state index is 12.2. The summed E-state index contributed by atoms with van der Waals surface area (Å²) in [5, 5.41) is 8.94. The third-order valence-electron chi connectivity index (χ3n) is 3.41. The molecule has 1 N–H and O–H groups in total. The van der Waals surface area contributed by atoms with Crippen molar-refractivity contribution in [2.45, 2.75) is 6.42 Å². The average molecular weight is 259 g/mol. The Kier molecular flexibility index (Phi) is 2.70. The van der Waals surface area contributed by atoms with Gasteiger partial charge in [0.15, 0.2) is 0 Å². The highest BCUT2D eigenvalue weighted by Gasteiger charge is 2.32. The first-order valence-electron chi connectivity index (χ1n) is 6.11. The van der Waals surface area contributed by atoms with E-state index < -0.39 is 11.9 Å². The lowest BCUT2D eigenvalue weighted by atomic mass is 10.1. The molecule has 3 rings (SSSR count). The molecule has 6 heteroatoms. The first kappa shape index (κ1) is 11.7. The van der Waals surface area contributed by atoms with Crippen LogP contribution in [-0.2, 0) is 4.79 Å². The summed E-state index contributed by atoms with van der Waals surface area (Å²) < 4.78 is 1.78. The Morgan fingerprint density at radius 3 is 2.89 bits per heavy atom. The minimum absolute atomic E-state index is 0.201. The third kappa shape index (κ3) is 2.05. The number of carbonyl (C=O) groups excluding carboxylic acids is 1. The monoisotopic (exact) mass is 259 g/mol. The molecule has 6 nitrogen and oxygen atoms in total. The predicted octanol–water partition coefficient (Wildman–Crippen LogP) is 0.881. The molecular weight excluding hydrogens is 246 g/mol. The smallest absolute Gasteiger partial charge is 0.308 e. The minimum atomic E-state index is -0.842. The highest BCUT2D eigenvalue weighted by Crippen LogP contribution is 2.18. The molecule has 98 valence electrons. The molecule has 0 spiro atoms. The lowest BCUT2D eigenvalue weighted by Gasteiger charge is -2.13. The van der Waals surface area contributed by atoms with E-state index in [1.54, 1.807) is 15.5 Å². The van der Waals surface area contributed by atoms with Gasteiger partial charge >= 0.3 is 5.97 Å². The van der Waals surface area contributed by atoms with Crippen molar-refractivity contribution >= 4 is 17.5 Å². The van der Waals surface area contributed by atoms with E-state index in [9.17, 15) is 9.59 Å². The lowest BCUT2D eigenvalue weighted by molar-refractivity contribution is -0.141. The van der Waals surface area contributed by atoms with Gasteiger partial charge in [0.2, 0.25) is 0 Å². The van der Waals surface area contributed by atoms with Crippen molar-refractivity contribution in [3.8, 4) is 0 Å². The highest BCUT2D eigenvalue weighted by atomic mass is 16.4. The van der Waals surface area contributed by atoms with Crippen molar-refractivity contribution < 1.29 is 14.7 Å². The number of hydrogen-bond acceptors (Lipinski definition) is 3. The van der Waals surface area contributed by atoms with Gasteiger partial charge in [-0.3, -0.25) is 9.59 Å². The summed E-state index contributed by atoms with van der Waals surface area (Å²) >= 11 is 0. The van der Waals surface area contributed by atoms with E-state index >= 15 is 0 Å². The summed E-state index contributed by atoms with van der Waals surface area (Å²) in [6.45, 7) is 0.742. The molecule has 0 radical (unpaired) electrons. The van der Waals surface area contributed by atoms with E-state index in [-0.39, 0.29) is 12.5 Å². The molecular formula is C13H13N3O3. The van der Waals surface area contributed by atoms with Crippen LogP contribution in [0.1, 0.15) is 16.9 Å². The van der Waals surface area contributed by atoms with Gasteiger partial charge < -0.3 is 14.4 Å². The summed E-state index contributed by atoms with van der Waals surface area (Å²) in [7, 11) is 0. The molecule has 0 bridgehead atoms. The van der Waals surface area contributed by atoms with Gasteiger partial charge in [0.1, 0.15) is 11.3 Å². The molecule has 0 saturated carbocycles. The average Bonchev–Trinajstić information content (AvgIpc) is 3.04. The quantitative estimate of drug-likeness (QED) is 0.868. The van der Waals surface area contributed by atoms with E-state index in [1.165, 1.54) is 0 Å². The number of imidazole rings is 1. The van der Waals surface area contributed by atoms with Crippen LogP contribution in [0.25, 0.3) is 5.65 Å². The molecule has 1 atom stereocenters. The number of hydrogen-bond donors (Lipinski definition) is 1. The van der Waals surface area contributed by atoms with Crippen LogP contribution in [0.5, 0.6) is 0 Å². The molecule has 1 fully saturated rings. The van der Waals surface area contributed by atoms with Crippen LogP contribution in [0, 0.1) is 5.92 Å².